The molecule has 1 unspecified atom stereocenters. The summed E-state index contributed by atoms with van der Waals surface area (Å²) in [6.07, 6.45) is 0. The zero-order valence-corrected chi connectivity index (χ0v) is 11.0. The van der Waals surface area contributed by atoms with E-state index in [9.17, 15) is 4.39 Å². The summed E-state index contributed by atoms with van der Waals surface area (Å²) in [6, 6.07) is 7.09. The fourth-order valence-corrected chi connectivity index (χ4v) is 2.35. The summed E-state index contributed by atoms with van der Waals surface area (Å²) in [5, 5.41) is 7.66. The van der Waals surface area contributed by atoms with Crippen molar-refractivity contribution in [3.63, 3.8) is 0 Å². The third kappa shape index (κ3) is 3.28. The van der Waals surface area contributed by atoms with Crippen LogP contribution in [0.2, 0.25) is 5.02 Å². The zero-order chi connectivity index (χ0) is 12.3. The van der Waals surface area contributed by atoms with Crippen molar-refractivity contribution in [2.45, 2.75) is 19.5 Å². The molecule has 90 valence electrons. The lowest BCUT2D eigenvalue weighted by Crippen LogP contribution is -2.17. The molecule has 2 aromatic rings. The summed E-state index contributed by atoms with van der Waals surface area (Å²) in [5.74, 6) is -0.367. The first kappa shape index (κ1) is 12.6. The Labute approximate surface area is 109 Å². The highest BCUT2D eigenvalue weighted by molar-refractivity contribution is 7.07. The summed E-state index contributed by atoms with van der Waals surface area (Å²) in [6.45, 7) is 2.80. The average molecular weight is 270 g/mol. The molecule has 0 bridgehead atoms. The van der Waals surface area contributed by atoms with Crippen LogP contribution < -0.4 is 5.32 Å². The Morgan fingerprint density at radius 1 is 1.41 bits per heavy atom. The Balaban J connectivity index is 1.99. The van der Waals surface area contributed by atoms with Crippen LogP contribution >= 0.6 is 22.9 Å². The number of benzene rings is 1. The molecule has 0 radical (unpaired) electrons. The van der Waals surface area contributed by atoms with Gasteiger partial charge in [0.1, 0.15) is 5.82 Å². The molecular weight excluding hydrogens is 257 g/mol. The molecular formula is C13H13ClFNS. The van der Waals surface area contributed by atoms with E-state index in [4.69, 9.17) is 11.6 Å². The van der Waals surface area contributed by atoms with E-state index in [-0.39, 0.29) is 16.9 Å². The van der Waals surface area contributed by atoms with Crippen LogP contribution in [-0.4, -0.2) is 0 Å². The molecule has 1 aromatic heterocycles. The van der Waals surface area contributed by atoms with Crippen molar-refractivity contribution in [1.82, 2.24) is 5.32 Å². The SMILES string of the molecule is CC(NCc1ccsc1)c1ccc(Cl)c(F)c1. The van der Waals surface area contributed by atoms with Gasteiger partial charge in [0, 0.05) is 12.6 Å². The van der Waals surface area contributed by atoms with Gasteiger partial charge in [0.2, 0.25) is 0 Å². The van der Waals surface area contributed by atoms with E-state index in [1.165, 1.54) is 11.6 Å². The molecule has 1 nitrogen and oxygen atoms in total. The van der Waals surface area contributed by atoms with Crippen molar-refractivity contribution in [2.75, 3.05) is 0 Å². The molecule has 0 saturated heterocycles. The summed E-state index contributed by atoms with van der Waals surface area (Å²) < 4.78 is 13.3. The Morgan fingerprint density at radius 3 is 2.88 bits per heavy atom. The fourth-order valence-electron chi connectivity index (χ4n) is 1.56. The maximum absolute atomic E-state index is 13.3. The maximum atomic E-state index is 13.3. The minimum Gasteiger partial charge on any atom is -0.306 e. The number of halogens is 2. The molecule has 0 amide bonds. The van der Waals surface area contributed by atoms with Gasteiger partial charge in [-0.3, -0.25) is 0 Å². The van der Waals surface area contributed by atoms with Gasteiger partial charge >= 0.3 is 0 Å². The quantitative estimate of drug-likeness (QED) is 0.868. The summed E-state index contributed by atoms with van der Waals surface area (Å²) in [7, 11) is 0. The van der Waals surface area contributed by atoms with Gasteiger partial charge in [-0.15, -0.1) is 0 Å². The van der Waals surface area contributed by atoms with Crippen LogP contribution in [0.1, 0.15) is 24.1 Å². The second-order valence-corrected chi connectivity index (χ2v) is 5.09. The molecule has 0 aliphatic rings. The predicted molar refractivity (Wildman–Crippen MR) is 71.0 cm³/mol. The number of hydrogen-bond acceptors (Lipinski definition) is 2. The van der Waals surface area contributed by atoms with Crippen molar-refractivity contribution < 1.29 is 4.39 Å². The van der Waals surface area contributed by atoms with Crippen LogP contribution in [0.5, 0.6) is 0 Å². The van der Waals surface area contributed by atoms with Gasteiger partial charge in [-0.05, 0) is 47.0 Å². The monoisotopic (exact) mass is 269 g/mol. The lowest BCUT2D eigenvalue weighted by Gasteiger charge is -2.14. The van der Waals surface area contributed by atoms with E-state index in [0.29, 0.717) is 0 Å². The van der Waals surface area contributed by atoms with E-state index in [1.807, 2.05) is 18.4 Å². The van der Waals surface area contributed by atoms with Crippen LogP contribution in [0.3, 0.4) is 0 Å². The van der Waals surface area contributed by atoms with E-state index in [2.05, 4.69) is 16.8 Å². The summed E-state index contributed by atoms with van der Waals surface area (Å²) in [4.78, 5) is 0. The first-order chi connectivity index (χ1) is 8.16. The van der Waals surface area contributed by atoms with Crippen LogP contribution in [0.25, 0.3) is 0 Å². The second-order valence-electron chi connectivity index (χ2n) is 3.91. The van der Waals surface area contributed by atoms with Crippen LogP contribution in [0.15, 0.2) is 35.0 Å². The van der Waals surface area contributed by atoms with E-state index in [0.717, 1.165) is 12.1 Å². The fraction of sp³-hybridized carbons (Fsp3) is 0.231. The van der Waals surface area contributed by atoms with Crippen LogP contribution in [0.4, 0.5) is 4.39 Å². The van der Waals surface area contributed by atoms with Crippen molar-refractivity contribution in [2.24, 2.45) is 0 Å². The molecule has 0 fully saturated rings. The number of rotatable bonds is 4. The molecule has 0 aliphatic carbocycles. The summed E-state index contributed by atoms with van der Waals surface area (Å²) >= 11 is 7.32. The van der Waals surface area contributed by atoms with Gasteiger partial charge in [-0.2, -0.15) is 11.3 Å². The predicted octanol–water partition coefficient (Wildman–Crippen LogP) is 4.39. The molecule has 4 heteroatoms. The molecule has 0 aliphatic heterocycles. The Bertz CT molecular complexity index is 484. The number of nitrogens with one attached hydrogen (secondary N) is 1. The molecule has 1 N–H and O–H groups in total. The lowest BCUT2D eigenvalue weighted by molar-refractivity contribution is 0.566. The van der Waals surface area contributed by atoms with Crippen LogP contribution in [-0.2, 0) is 6.54 Å². The Morgan fingerprint density at radius 2 is 2.24 bits per heavy atom. The average Bonchev–Trinajstić information content (AvgIpc) is 2.82. The van der Waals surface area contributed by atoms with Gasteiger partial charge in [0.25, 0.3) is 0 Å². The largest absolute Gasteiger partial charge is 0.306 e. The highest BCUT2D eigenvalue weighted by Crippen LogP contribution is 2.20. The minimum absolute atomic E-state index is 0.0988. The molecule has 0 saturated carbocycles. The van der Waals surface area contributed by atoms with Crippen molar-refractivity contribution in [3.8, 4) is 0 Å². The van der Waals surface area contributed by atoms with Gasteiger partial charge in [0.05, 0.1) is 5.02 Å². The smallest absolute Gasteiger partial charge is 0.142 e. The van der Waals surface area contributed by atoms with E-state index >= 15 is 0 Å². The van der Waals surface area contributed by atoms with Crippen LogP contribution in [0, 0.1) is 5.82 Å². The third-order valence-electron chi connectivity index (χ3n) is 2.64. The van der Waals surface area contributed by atoms with Crippen molar-refractivity contribution in [3.05, 3.63) is 57.0 Å². The number of thiophene rings is 1. The first-order valence-electron chi connectivity index (χ1n) is 5.36. The standard InChI is InChI=1S/C13H13ClFNS/c1-9(16-7-10-4-5-17-8-10)11-2-3-12(14)13(15)6-11/h2-6,8-9,16H,7H2,1H3. The molecule has 1 heterocycles. The Hall–Kier alpha value is -0.900. The highest BCUT2D eigenvalue weighted by atomic mass is 35.5. The first-order valence-corrected chi connectivity index (χ1v) is 6.68. The maximum Gasteiger partial charge on any atom is 0.142 e. The van der Waals surface area contributed by atoms with Gasteiger partial charge in [-0.25, -0.2) is 4.39 Å². The van der Waals surface area contributed by atoms with Gasteiger partial charge in [-0.1, -0.05) is 17.7 Å². The van der Waals surface area contributed by atoms with Crippen molar-refractivity contribution >= 4 is 22.9 Å². The van der Waals surface area contributed by atoms with E-state index in [1.54, 1.807) is 17.4 Å². The normalized spacial score (nSPS) is 12.6. The summed E-state index contributed by atoms with van der Waals surface area (Å²) in [5.41, 5.74) is 2.15. The topological polar surface area (TPSA) is 12.0 Å². The Kier molecular flexibility index (Phi) is 4.15. The third-order valence-corrected chi connectivity index (χ3v) is 3.67. The van der Waals surface area contributed by atoms with Gasteiger partial charge in [0.15, 0.2) is 0 Å². The van der Waals surface area contributed by atoms with Crippen molar-refractivity contribution in [1.29, 1.82) is 0 Å². The number of hydrogen-bond donors (Lipinski definition) is 1. The molecule has 0 spiro atoms. The molecule has 17 heavy (non-hydrogen) atoms. The van der Waals surface area contributed by atoms with Gasteiger partial charge < -0.3 is 5.32 Å². The molecule has 1 atom stereocenters. The molecule has 2 rings (SSSR count). The van der Waals surface area contributed by atoms with E-state index < -0.39 is 0 Å². The highest BCUT2D eigenvalue weighted by Gasteiger charge is 2.08. The minimum atomic E-state index is -0.367. The lowest BCUT2D eigenvalue weighted by atomic mass is 10.1. The second kappa shape index (κ2) is 5.63. The zero-order valence-electron chi connectivity index (χ0n) is 9.41. The molecule has 1 aromatic carbocycles.